The van der Waals surface area contributed by atoms with Crippen LogP contribution >= 0.6 is 24.0 Å². The molecule has 162 valence electrons. The highest BCUT2D eigenvalue weighted by molar-refractivity contribution is 14.0. The van der Waals surface area contributed by atoms with Crippen LogP contribution in [0.25, 0.3) is 0 Å². The van der Waals surface area contributed by atoms with Crippen LogP contribution < -0.4 is 10.1 Å². The van der Waals surface area contributed by atoms with Crippen molar-refractivity contribution in [2.24, 2.45) is 4.99 Å². The van der Waals surface area contributed by atoms with E-state index in [1.165, 1.54) is 0 Å². The van der Waals surface area contributed by atoms with E-state index >= 15 is 0 Å². The summed E-state index contributed by atoms with van der Waals surface area (Å²) in [4.78, 5) is 20.5. The van der Waals surface area contributed by atoms with Crippen LogP contribution in [0.5, 0.6) is 5.75 Å². The van der Waals surface area contributed by atoms with Crippen molar-refractivity contribution in [1.29, 1.82) is 0 Å². The third-order valence-corrected chi connectivity index (χ3v) is 4.97. The van der Waals surface area contributed by atoms with Gasteiger partial charge in [-0.1, -0.05) is 48.5 Å². The van der Waals surface area contributed by atoms with E-state index in [1.807, 2.05) is 41.3 Å². The van der Waals surface area contributed by atoms with Crippen LogP contribution in [0.4, 0.5) is 0 Å². The standard InChI is InChI=1S/C23H30N4O2.HI/c1-3-24-23(27-15-13-26(14-16-27)19(2)28)25-17-21-11-7-8-12-22(21)29-18-20-9-5-4-6-10-20;/h4-12H,3,13-18H2,1-2H3,(H,24,25);1H. The van der Waals surface area contributed by atoms with E-state index in [0.717, 1.165) is 55.6 Å². The van der Waals surface area contributed by atoms with Crippen LogP contribution in [0.3, 0.4) is 0 Å². The molecular formula is C23H31IN4O2. The van der Waals surface area contributed by atoms with Crippen molar-refractivity contribution in [2.75, 3.05) is 32.7 Å². The van der Waals surface area contributed by atoms with E-state index < -0.39 is 0 Å². The largest absolute Gasteiger partial charge is 0.489 e. The number of hydrogen-bond donors (Lipinski definition) is 1. The molecule has 0 saturated carbocycles. The van der Waals surface area contributed by atoms with E-state index in [1.54, 1.807) is 6.92 Å². The van der Waals surface area contributed by atoms with Crippen LogP contribution in [0.2, 0.25) is 0 Å². The average molecular weight is 522 g/mol. The molecule has 1 aliphatic heterocycles. The fraction of sp³-hybridized carbons (Fsp3) is 0.391. The molecule has 1 fully saturated rings. The number of halogens is 1. The fourth-order valence-electron chi connectivity index (χ4n) is 3.33. The topological polar surface area (TPSA) is 57.2 Å². The molecule has 0 radical (unpaired) electrons. The normalized spacial score (nSPS) is 14.1. The Morgan fingerprint density at radius 2 is 1.63 bits per heavy atom. The number of amides is 1. The van der Waals surface area contributed by atoms with Crippen LogP contribution in [0.15, 0.2) is 59.6 Å². The smallest absolute Gasteiger partial charge is 0.219 e. The van der Waals surface area contributed by atoms with Crippen molar-refractivity contribution in [3.63, 3.8) is 0 Å². The first kappa shape index (κ1) is 24.0. The van der Waals surface area contributed by atoms with Gasteiger partial charge >= 0.3 is 0 Å². The Bertz CT molecular complexity index is 821. The van der Waals surface area contributed by atoms with Crippen molar-refractivity contribution >= 4 is 35.8 Å². The van der Waals surface area contributed by atoms with Crippen molar-refractivity contribution < 1.29 is 9.53 Å². The van der Waals surface area contributed by atoms with E-state index in [0.29, 0.717) is 13.2 Å². The van der Waals surface area contributed by atoms with Crippen molar-refractivity contribution in [3.8, 4) is 5.75 Å². The van der Waals surface area contributed by atoms with Crippen molar-refractivity contribution in [1.82, 2.24) is 15.1 Å². The predicted octanol–water partition coefficient (Wildman–Crippen LogP) is 3.51. The Balaban J connectivity index is 0.00000320. The minimum absolute atomic E-state index is 0. The molecule has 0 atom stereocenters. The number of rotatable bonds is 6. The molecule has 0 bridgehead atoms. The molecule has 2 aromatic carbocycles. The lowest BCUT2D eigenvalue weighted by Gasteiger charge is -2.36. The van der Waals surface area contributed by atoms with Crippen LogP contribution in [0.1, 0.15) is 25.0 Å². The molecule has 2 aromatic rings. The number of nitrogens with one attached hydrogen (secondary N) is 1. The number of hydrogen-bond acceptors (Lipinski definition) is 3. The minimum Gasteiger partial charge on any atom is -0.489 e. The Kier molecular flexibility index (Phi) is 9.93. The summed E-state index contributed by atoms with van der Waals surface area (Å²) in [7, 11) is 0. The first-order chi connectivity index (χ1) is 14.2. The summed E-state index contributed by atoms with van der Waals surface area (Å²) < 4.78 is 6.05. The molecule has 3 rings (SSSR count). The molecule has 6 nitrogen and oxygen atoms in total. The molecule has 1 heterocycles. The van der Waals surface area contributed by atoms with Gasteiger partial charge in [0.25, 0.3) is 0 Å². The molecule has 7 heteroatoms. The van der Waals surface area contributed by atoms with Gasteiger partial charge in [-0.3, -0.25) is 4.79 Å². The molecule has 0 spiro atoms. The van der Waals surface area contributed by atoms with Crippen LogP contribution in [-0.2, 0) is 17.9 Å². The van der Waals surface area contributed by atoms with Gasteiger partial charge in [-0.25, -0.2) is 4.99 Å². The lowest BCUT2D eigenvalue weighted by molar-refractivity contribution is -0.130. The lowest BCUT2D eigenvalue weighted by Crippen LogP contribution is -2.53. The van der Waals surface area contributed by atoms with Gasteiger partial charge in [0, 0.05) is 45.2 Å². The van der Waals surface area contributed by atoms with Crippen molar-refractivity contribution in [3.05, 3.63) is 65.7 Å². The maximum absolute atomic E-state index is 11.6. The van der Waals surface area contributed by atoms with Crippen LogP contribution in [0, 0.1) is 0 Å². The number of aliphatic imine (C=N–C) groups is 1. The van der Waals surface area contributed by atoms with Gasteiger partial charge in [0.2, 0.25) is 5.91 Å². The van der Waals surface area contributed by atoms with Gasteiger partial charge in [-0.2, -0.15) is 0 Å². The highest BCUT2D eigenvalue weighted by Gasteiger charge is 2.20. The molecule has 1 N–H and O–H groups in total. The predicted molar refractivity (Wildman–Crippen MR) is 131 cm³/mol. The molecule has 1 amide bonds. The highest BCUT2D eigenvalue weighted by Crippen LogP contribution is 2.20. The monoisotopic (exact) mass is 522 g/mol. The summed E-state index contributed by atoms with van der Waals surface area (Å²) in [5, 5.41) is 3.38. The third kappa shape index (κ3) is 6.90. The number of para-hydroxylation sites is 1. The summed E-state index contributed by atoms with van der Waals surface area (Å²) in [5.41, 5.74) is 2.20. The number of carbonyl (C=O) groups is 1. The Labute approximate surface area is 196 Å². The van der Waals surface area contributed by atoms with Crippen molar-refractivity contribution in [2.45, 2.75) is 27.0 Å². The summed E-state index contributed by atoms with van der Waals surface area (Å²) in [6.07, 6.45) is 0. The number of guanidine groups is 1. The van der Waals surface area contributed by atoms with E-state index in [4.69, 9.17) is 9.73 Å². The Hall–Kier alpha value is -2.29. The summed E-state index contributed by atoms with van der Waals surface area (Å²) in [6.45, 7) is 8.62. The van der Waals surface area contributed by atoms with Gasteiger partial charge in [0.15, 0.2) is 5.96 Å². The third-order valence-electron chi connectivity index (χ3n) is 4.97. The maximum atomic E-state index is 11.6. The fourth-order valence-corrected chi connectivity index (χ4v) is 3.33. The summed E-state index contributed by atoms with van der Waals surface area (Å²) >= 11 is 0. The van der Waals surface area contributed by atoms with Gasteiger partial charge in [0.05, 0.1) is 6.54 Å². The SMILES string of the molecule is CCNC(=NCc1ccccc1OCc1ccccc1)N1CCN(C(C)=O)CC1.I. The van der Waals surface area contributed by atoms with Crippen LogP contribution in [-0.4, -0.2) is 54.4 Å². The summed E-state index contributed by atoms with van der Waals surface area (Å²) in [6, 6.07) is 18.2. The molecule has 1 saturated heterocycles. The number of ether oxygens (including phenoxy) is 1. The second-order valence-electron chi connectivity index (χ2n) is 7.05. The van der Waals surface area contributed by atoms with E-state index in [-0.39, 0.29) is 29.9 Å². The minimum atomic E-state index is 0. The molecule has 30 heavy (non-hydrogen) atoms. The highest BCUT2D eigenvalue weighted by atomic mass is 127. The number of piperazine rings is 1. The van der Waals surface area contributed by atoms with E-state index in [9.17, 15) is 4.79 Å². The Morgan fingerprint density at radius 1 is 1.00 bits per heavy atom. The second-order valence-corrected chi connectivity index (χ2v) is 7.05. The molecule has 0 unspecified atom stereocenters. The quantitative estimate of drug-likeness (QED) is 0.359. The average Bonchev–Trinajstić information content (AvgIpc) is 2.76. The molecule has 1 aliphatic rings. The molecule has 0 aliphatic carbocycles. The summed E-state index contributed by atoms with van der Waals surface area (Å²) in [5.74, 6) is 1.88. The first-order valence-electron chi connectivity index (χ1n) is 10.2. The lowest BCUT2D eigenvalue weighted by atomic mass is 10.2. The number of carbonyl (C=O) groups excluding carboxylic acids is 1. The first-order valence-corrected chi connectivity index (χ1v) is 10.2. The maximum Gasteiger partial charge on any atom is 0.219 e. The van der Waals surface area contributed by atoms with Gasteiger partial charge in [-0.05, 0) is 18.6 Å². The van der Waals surface area contributed by atoms with Gasteiger partial charge in [-0.15, -0.1) is 24.0 Å². The zero-order valence-electron chi connectivity index (χ0n) is 17.7. The van der Waals surface area contributed by atoms with E-state index in [2.05, 4.69) is 35.3 Å². The second kappa shape index (κ2) is 12.4. The number of nitrogens with zero attached hydrogens (tertiary/aromatic N) is 3. The Morgan fingerprint density at radius 3 is 2.30 bits per heavy atom. The van der Waals surface area contributed by atoms with Gasteiger partial charge in [0.1, 0.15) is 12.4 Å². The number of benzene rings is 2. The molecule has 0 aromatic heterocycles. The zero-order chi connectivity index (χ0) is 20.5. The molecular weight excluding hydrogens is 491 g/mol. The van der Waals surface area contributed by atoms with Gasteiger partial charge < -0.3 is 19.9 Å². The zero-order valence-corrected chi connectivity index (χ0v) is 20.0.